The van der Waals surface area contributed by atoms with Crippen molar-refractivity contribution in [2.24, 2.45) is 0 Å². The minimum absolute atomic E-state index is 0.135. The Balaban J connectivity index is 1.72. The Labute approximate surface area is 179 Å². The van der Waals surface area contributed by atoms with Crippen molar-refractivity contribution in [1.29, 1.82) is 0 Å². The number of hydrazine groups is 1. The molecule has 3 aromatic rings. The molecule has 0 saturated carbocycles. The zero-order chi connectivity index (χ0) is 20.3. The number of aliphatic hydroxyl groups excluding tert-OH is 2. The van der Waals surface area contributed by atoms with Crippen molar-refractivity contribution < 1.29 is 10.2 Å². The molecule has 0 amide bonds. The van der Waals surface area contributed by atoms with Gasteiger partial charge in [0.05, 0.1) is 30.3 Å². The first-order valence-electron chi connectivity index (χ1n) is 9.34. The monoisotopic (exact) mass is 427 g/mol. The first-order chi connectivity index (χ1) is 14.3. The summed E-state index contributed by atoms with van der Waals surface area (Å²) >= 11 is 3.24. The van der Waals surface area contributed by atoms with Crippen molar-refractivity contribution in [3.8, 4) is 0 Å². The molecule has 152 valence electrons. The van der Waals surface area contributed by atoms with E-state index >= 15 is 0 Å². The van der Waals surface area contributed by atoms with Gasteiger partial charge in [0, 0.05) is 27.0 Å². The molecule has 0 unspecified atom stereocenters. The molecule has 0 aliphatic heterocycles. The van der Waals surface area contributed by atoms with Gasteiger partial charge in [-0.1, -0.05) is 18.2 Å². The second-order valence-corrected chi connectivity index (χ2v) is 8.43. The van der Waals surface area contributed by atoms with Gasteiger partial charge in [0.1, 0.15) is 0 Å². The van der Waals surface area contributed by atoms with E-state index in [1.54, 1.807) is 23.5 Å². The SMILES string of the molecule is OCCSc1ccc(Nc2cc(NNc3ccccc3)ccc2SCCO)cc1. The molecule has 3 aromatic carbocycles. The highest BCUT2D eigenvalue weighted by molar-refractivity contribution is 7.99. The molecule has 0 atom stereocenters. The summed E-state index contributed by atoms with van der Waals surface area (Å²) in [4.78, 5) is 2.20. The topological polar surface area (TPSA) is 76.5 Å². The molecule has 0 saturated heterocycles. The van der Waals surface area contributed by atoms with E-state index in [9.17, 15) is 5.11 Å². The van der Waals surface area contributed by atoms with E-state index in [0.29, 0.717) is 11.5 Å². The fourth-order valence-corrected chi connectivity index (χ4v) is 4.00. The van der Waals surface area contributed by atoms with Crippen LogP contribution in [0.5, 0.6) is 0 Å². The normalized spacial score (nSPS) is 10.6. The highest BCUT2D eigenvalue weighted by atomic mass is 32.2. The van der Waals surface area contributed by atoms with Gasteiger partial charge in [0.25, 0.3) is 0 Å². The Bertz CT molecular complexity index is 877. The van der Waals surface area contributed by atoms with Crippen molar-refractivity contribution in [1.82, 2.24) is 0 Å². The third kappa shape index (κ3) is 6.90. The maximum atomic E-state index is 9.19. The molecular formula is C22H25N3O2S2. The van der Waals surface area contributed by atoms with Crippen molar-refractivity contribution in [3.63, 3.8) is 0 Å². The van der Waals surface area contributed by atoms with E-state index in [4.69, 9.17) is 5.11 Å². The van der Waals surface area contributed by atoms with Crippen LogP contribution >= 0.6 is 23.5 Å². The Hall–Kier alpha value is -2.32. The van der Waals surface area contributed by atoms with E-state index in [0.717, 1.165) is 32.5 Å². The molecule has 5 nitrogen and oxygen atoms in total. The zero-order valence-corrected chi connectivity index (χ0v) is 17.6. The van der Waals surface area contributed by atoms with Crippen LogP contribution in [0.4, 0.5) is 22.7 Å². The summed E-state index contributed by atoms with van der Waals surface area (Å²) in [7, 11) is 0. The average Bonchev–Trinajstić information content (AvgIpc) is 2.77. The molecular weight excluding hydrogens is 402 g/mol. The van der Waals surface area contributed by atoms with Crippen molar-refractivity contribution in [2.75, 3.05) is 40.9 Å². The van der Waals surface area contributed by atoms with Gasteiger partial charge in [-0.25, -0.2) is 0 Å². The minimum atomic E-state index is 0.135. The van der Waals surface area contributed by atoms with E-state index < -0.39 is 0 Å². The summed E-state index contributed by atoms with van der Waals surface area (Å²) in [6, 6.07) is 24.2. The summed E-state index contributed by atoms with van der Waals surface area (Å²) in [5.74, 6) is 1.33. The first-order valence-corrected chi connectivity index (χ1v) is 11.3. The van der Waals surface area contributed by atoms with E-state index in [-0.39, 0.29) is 13.2 Å². The summed E-state index contributed by atoms with van der Waals surface area (Å²) in [6.07, 6.45) is 0. The van der Waals surface area contributed by atoms with Crippen LogP contribution in [-0.2, 0) is 0 Å². The molecule has 0 fully saturated rings. The van der Waals surface area contributed by atoms with Crippen molar-refractivity contribution in [2.45, 2.75) is 9.79 Å². The molecule has 0 aliphatic carbocycles. The Morgan fingerprint density at radius 3 is 2.03 bits per heavy atom. The van der Waals surface area contributed by atoms with Gasteiger partial charge < -0.3 is 26.4 Å². The second kappa shape index (κ2) is 11.6. The van der Waals surface area contributed by atoms with Crippen LogP contribution in [0, 0.1) is 0 Å². The number of thioether (sulfide) groups is 2. The van der Waals surface area contributed by atoms with Crippen LogP contribution in [0.1, 0.15) is 0 Å². The lowest BCUT2D eigenvalue weighted by Gasteiger charge is -2.16. The standard InChI is InChI=1S/C22H25N3O2S2/c26-12-14-28-20-9-6-17(7-10-20)23-21-16-19(8-11-22(21)29-15-13-27)25-24-18-4-2-1-3-5-18/h1-11,16,23-27H,12-15H2. The van der Waals surface area contributed by atoms with E-state index in [1.165, 1.54) is 0 Å². The molecule has 5 N–H and O–H groups in total. The van der Waals surface area contributed by atoms with E-state index in [2.05, 4.69) is 16.2 Å². The molecule has 0 bridgehead atoms. The molecule has 0 spiro atoms. The van der Waals surface area contributed by atoms with Gasteiger partial charge in [-0.2, -0.15) is 0 Å². The number of anilines is 4. The smallest absolute Gasteiger partial charge is 0.0561 e. The predicted molar refractivity (Wildman–Crippen MR) is 125 cm³/mol. The lowest BCUT2D eigenvalue weighted by Crippen LogP contribution is -2.08. The number of benzene rings is 3. The lowest BCUT2D eigenvalue weighted by atomic mass is 10.2. The fraction of sp³-hybridized carbons (Fsp3) is 0.182. The van der Waals surface area contributed by atoms with Crippen LogP contribution in [0.15, 0.2) is 82.6 Å². The van der Waals surface area contributed by atoms with Gasteiger partial charge in [0.2, 0.25) is 0 Å². The Morgan fingerprint density at radius 2 is 1.31 bits per heavy atom. The average molecular weight is 428 g/mol. The molecule has 0 aromatic heterocycles. The van der Waals surface area contributed by atoms with E-state index in [1.807, 2.05) is 72.8 Å². The number of hydrogen-bond donors (Lipinski definition) is 5. The number of hydrogen-bond acceptors (Lipinski definition) is 7. The molecule has 3 rings (SSSR count). The first kappa shape index (κ1) is 21.4. The van der Waals surface area contributed by atoms with Crippen molar-refractivity contribution >= 4 is 46.3 Å². The summed E-state index contributed by atoms with van der Waals surface area (Å²) in [5.41, 5.74) is 10.3. The van der Waals surface area contributed by atoms with Crippen LogP contribution in [0.2, 0.25) is 0 Å². The summed E-state index contributed by atoms with van der Waals surface area (Å²) in [6.45, 7) is 0.309. The van der Waals surface area contributed by atoms with Crippen LogP contribution in [0.25, 0.3) is 0 Å². The fourth-order valence-electron chi connectivity index (χ4n) is 2.61. The third-order valence-electron chi connectivity index (χ3n) is 3.95. The number of aliphatic hydroxyl groups is 2. The van der Waals surface area contributed by atoms with Crippen LogP contribution in [0.3, 0.4) is 0 Å². The van der Waals surface area contributed by atoms with Crippen LogP contribution < -0.4 is 16.2 Å². The van der Waals surface area contributed by atoms with Gasteiger partial charge in [-0.15, -0.1) is 23.5 Å². The Kier molecular flexibility index (Phi) is 8.58. The zero-order valence-electron chi connectivity index (χ0n) is 16.0. The van der Waals surface area contributed by atoms with Gasteiger partial charge in [-0.3, -0.25) is 0 Å². The molecule has 0 aliphatic rings. The van der Waals surface area contributed by atoms with Gasteiger partial charge in [-0.05, 0) is 54.6 Å². The summed E-state index contributed by atoms with van der Waals surface area (Å²) in [5, 5.41) is 21.6. The highest BCUT2D eigenvalue weighted by Gasteiger charge is 2.06. The molecule has 0 heterocycles. The van der Waals surface area contributed by atoms with Gasteiger partial charge >= 0.3 is 0 Å². The molecule has 7 heteroatoms. The number of para-hydroxylation sites is 1. The lowest BCUT2D eigenvalue weighted by molar-refractivity contribution is 0.322. The quantitative estimate of drug-likeness (QED) is 0.217. The third-order valence-corrected chi connectivity index (χ3v) is 5.99. The molecule has 29 heavy (non-hydrogen) atoms. The highest BCUT2D eigenvalue weighted by Crippen LogP contribution is 2.33. The largest absolute Gasteiger partial charge is 0.396 e. The summed E-state index contributed by atoms with van der Waals surface area (Å²) < 4.78 is 0. The molecule has 0 radical (unpaired) electrons. The van der Waals surface area contributed by atoms with Gasteiger partial charge in [0.15, 0.2) is 0 Å². The Morgan fingerprint density at radius 1 is 0.655 bits per heavy atom. The number of rotatable bonds is 11. The second-order valence-electron chi connectivity index (χ2n) is 6.12. The number of nitrogens with one attached hydrogen (secondary N) is 3. The maximum Gasteiger partial charge on any atom is 0.0561 e. The van der Waals surface area contributed by atoms with Crippen molar-refractivity contribution in [3.05, 3.63) is 72.8 Å². The van der Waals surface area contributed by atoms with Crippen LogP contribution in [-0.4, -0.2) is 34.9 Å². The predicted octanol–water partition coefficient (Wildman–Crippen LogP) is 5.04. The maximum absolute atomic E-state index is 9.19. The minimum Gasteiger partial charge on any atom is -0.396 e.